The molecule has 3 rings (SSSR count). The van der Waals surface area contributed by atoms with Crippen molar-refractivity contribution in [2.24, 2.45) is 0 Å². The van der Waals surface area contributed by atoms with Gasteiger partial charge in [0, 0.05) is 5.56 Å². The molecule has 0 aromatic heterocycles. The number of ether oxygens (including phenoxy) is 4. The molecule has 3 N–H and O–H groups in total. The summed E-state index contributed by atoms with van der Waals surface area (Å²) in [5.74, 6) is 1.05. The minimum Gasteiger partial charge on any atom is -0.504 e. The summed E-state index contributed by atoms with van der Waals surface area (Å²) in [6.07, 6.45) is 2.27. The number of methoxy groups -OCH3 is 3. The monoisotopic (exact) mass is 388 g/mol. The van der Waals surface area contributed by atoms with Crippen LogP contribution in [0.4, 0.5) is 0 Å². The molecule has 7 heteroatoms. The van der Waals surface area contributed by atoms with Gasteiger partial charge in [0.1, 0.15) is 23.7 Å². The average Bonchev–Trinajstić information content (AvgIpc) is 3.56. The second-order valence-electron chi connectivity index (χ2n) is 6.32. The number of phenols is 1. The number of epoxide rings is 1. The lowest BCUT2D eigenvalue weighted by atomic mass is 9.95. The van der Waals surface area contributed by atoms with Crippen LogP contribution in [-0.4, -0.2) is 56.0 Å². The summed E-state index contributed by atoms with van der Waals surface area (Å²) in [6.45, 7) is 0.395. The van der Waals surface area contributed by atoms with Crippen molar-refractivity contribution in [2.45, 2.75) is 12.2 Å². The molecule has 2 aromatic carbocycles. The van der Waals surface area contributed by atoms with Gasteiger partial charge < -0.3 is 34.3 Å². The molecule has 0 saturated carbocycles. The summed E-state index contributed by atoms with van der Waals surface area (Å²) in [7, 11) is 4.47. The number of benzene rings is 2. The van der Waals surface area contributed by atoms with E-state index in [1.807, 2.05) is 0 Å². The molecule has 0 bridgehead atoms. The van der Waals surface area contributed by atoms with Gasteiger partial charge in [0.05, 0.1) is 40.1 Å². The molecule has 7 nitrogen and oxygen atoms in total. The number of rotatable bonds is 8. The van der Waals surface area contributed by atoms with Gasteiger partial charge in [-0.2, -0.15) is 0 Å². The fourth-order valence-electron chi connectivity index (χ4n) is 3.08. The van der Waals surface area contributed by atoms with Gasteiger partial charge in [0.15, 0.2) is 11.5 Å². The molecule has 1 saturated heterocycles. The molecule has 2 atom stereocenters. The van der Waals surface area contributed by atoms with Crippen LogP contribution in [0.1, 0.15) is 17.2 Å². The van der Waals surface area contributed by atoms with Crippen molar-refractivity contribution >= 4 is 6.08 Å². The van der Waals surface area contributed by atoms with Crippen LogP contribution in [0.15, 0.2) is 30.3 Å². The molecule has 1 aliphatic heterocycles. The third-order valence-corrected chi connectivity index (χ3v) is 4.58. The standard InChI is InChI=1S/C21H24O7/c1-25-15-9-13(20(23)18-11-28-18)10-16(26-2)19(15)14-7-12(5-4-6-22)8-17(27-3)21(14)24/h4-5,7-10,18,20,22-24H,6,11H2,1-3H3/b5-4+. The lowest BCUT2D eigenvalue weighted by Gasteiger charge is -2.19. The lowest BCUT2D eigenvalue weighted by Crippen LogP contribution is -2.06. The molecule has 1 heterocycles. The van der Waals surface area contributed by atoms with E-state index in [2.05, 4.69) is 0 Å². The molecule has 150 valence electrons. The Bertz CT molecular complexity index is 846. The van der Waals surface area contributed by atoms with Crippen LogP contribution in [0.2, 0.25) is 0 Å². The van der Waals surface area contributed by atoms with Gasteiger partial charge in [-0.05, 0) is 35.4 Å². The first-order chi connectivity index (χ1) is 13.5. The minimum atomic E-state index is -0.793. The van der Waals surface area contributed by atoms with Crippen molar-refractivity contribution in [1.82, 2.24) is 0 Å². The molecular weight excluding hydrogens is 364 g/mol. The van der Waals surface area contributed by atoms with Crippen LogP contribution < -0.4 is 14.2 Å². The van der Waals surface area contributed by atoms with Crippen LogP contribution in [0, 0.1) is 0 Å². The van der Waals surface area contributed by atoms with Gasteiger partial charge in [-0.15, -0.1) is 0 Å². The Kier molecular flexibility index (Phi) is 6.08. The number of hydrogen-bond donors (Lipinski definition) is 3. The van der Waals surface area contributed by atoms with E-state index in [0.29, 0.717) is 34.8 Å². The maximum atomic E-state index is 10.7. The van der Waals surface area contributed by atoms with Crippen molar-refractivity contribution in [3.63, 3.8) is 0 Å². The Morgan fingerprint density at radius 3 is 2.18 bits per heavy atom. The highest BCUT2D eigenvalue weighted by Crippen LogP contribution is 2.48. The van der Waals surface area contributed by atoms with Crippen LogP contribution in [0.25, 0.3) is 17.2 Å². The number of aromatic hydroxyl groups is 1. The number of aliphatic hydroxyl groups excluding tert-OH is 2. The van der Waals surface area contributed by atoms with Gasteiger partial charge in [-0.25, -0.2) is 0 Å². The first kappa shape index (κ1) is 20.0. The van der Waals surface area contributed by atoms with E-state index in [1.54, 1.807) is 36.4 Å². The van der Waals surface area contributed by atoms with E-state index in [9.17, 15) is 10.2 Å². The molecule has 2 unspecified atom stereocenters. The maximum Gasteiger partial charge on any atom is 0.165 e. The normalized spacial score (nSPS) is 16.8. The van der Waals surface area contributed by atoms with Gasteiger partial charge >= 0.3 is 0 Å². The summed E-state index contributed by atoms with van der Waals surface area (Å²) < 4.78 is 21.5. The smallest absolute Gasteiger partial charge is 0.165 e. The Morgan fingerprint density at radius 2 is 1.68 bits per heavy atom. The Hall–Kier alpha value is -2.74. The van der Waals surface area contributed by atoms with E-state index < -0.39 is 6.10 Å². The van der Waals surface area contributed by atoms with E-state index >= 15 is 0 Å². The van der Waals surface area contributed by atoms with Gasteiger partial charge in [0.25, 0.3) is 0 Å². The molecule has 0 aliphatic carbocycles. The predicted octanol–water partition coefficient (Wildman–Crippen LogP) is 2.52. The topological polar surface area (TPSA) is 101 Å². The van der Waals surface area contributed by atoms with Crippen molar-refractivity contribution in [3.8, 4) is 34.1 Å². The average molecular weight is 388 g/mol. The van der Waals surface area contributed by atoms with Crippen molar-refractivity contribution < 1.29 is 34.3 Å². The van der Waals surface area contributed by atoms with Gasteiger partial charge in [0.2, 0.25) is 0 Å². The third kappa shape index (κ3) is 3.91. The van der Waals surface area contributed by atoms with Gasteiger partial charge in [-0.3, -0.25) is 0 Å². The Balaban J connectivity index is 2.20. The fraction of sp³-hybridized carbons (Fsp3) is 0.333. The summed E-state index contributed by atoms with van der Waals surface area (Å²) in [5.41, 5.74) is 2.28. The van der Waals surface area contributed by atoms with Crippen molar-refractivity contribution in [3.05, 3.63) is 41.5 Å². The third-order valence-electron chi connectivity index (χ3n) is 4.58. The second-order valence-corrected chi connectivity index (χ2v) is 6.32. The largest absolute Gasteiger partial charge is 0.504 e. The summed E-state index contributed by atoms with van der Waals surface area (Å²) in [4.78, 5) is 0. The zero-order valence-electron chi connectivity index (χ0n) is 16.0. The molecule has 1 aliphatic rings. The van der Waals surface area contributed by atoms with Crippen molar-refractivity contribution in [1.29, 1.82) is 0 Å². The maximum absolute atomic E-state index is 10.7. The summed E-state index contributed by atoms with van der Waals surface area (Å²) in [6, 6.07) is 6.80. The highest BCUT2D eigenvalue weighted by atomic mass is 16.6. The number of phenolic OH excluding ortho intramolecular Hbond substituents is 1. The summed E-state index contributed by atoms with van der Waals surface area (Å²) in [5, 5.41) is 30.2. The Morgan fingerprint density at radius 1 is 1.07 bits per heavy atom. The zero-order chi connectivity index (χ0) is 20.3. The van der Waals surface area contributed by atoms with Crippen LogP contribution >= 0.6 is 0 Å². The predicted molar refractivity (Wildman–Crippen MR) is 104 cm³/mol. The van der Waals surface area contributed by atoms with Gasteiger partial charge in [-0.1, -0.05) is 12.2 Å². The zero-order valence-corrected chi connectivity index (χ0v) is 16.0. The van der Waals surface area contributed by atoms with E-state index in [0.717, 1.165) is 5.56 Å². The fourth-order valence-corrected chi connectivity index (χ4v) is 3.08. The SMILES string of the molecule is COc1cc(/C=C/CO)cc(-c2c(OC)cc(C(O)C3CO3)cc2OC)c1O. The highest BCUT2D eigenvalue weighted by Gasteiger charge is 2.34. The molecular formula is C21H24O7. The minimum absolute atomic E-state index is 0.0703. The number of hydrogen-bond acceptors (Lipinski definition) is 7. The molecule has 2 aromatic rings. The molecule has 28 heavy (non-hydrogen) atoms. The van der Waals surface area contributed by atoms with Crippen LogP contribution in [0.5, 0.6) is 23.0 Å². The second kappa shape index (κ2) is 8.52. The molecule has 0 radical (unpaired) electrons. The van der Waals surface area contributed by atoms with E-state index in [1.165, 1.54) is 21.3 Å². The van der Waals surface area contributed by atoms with Crippen molar-refractivity contribution in [2.75, 3.05) is 34.5 Å². The van der Waals surface area contributed by atoms with Crippen LogP contribution in [-0.2, 0) is 4.74 Å². The van der Waals surface area contributed by atoms with E-state index in [4.69, 9.17) is 24.1 Å². The Labute approximate surface area is 163 Å². The molecule has 1 fully saturated rings. The first-order valence-electron chi connectivity index (χ1n) is 8.78. The number of aliphatic hydroxyl groups is 2. The van der Waals surface area contributed by atoms with Crippen LogP contribution in [0.3, 0.4) is 0 Å². The molecule has 0 amide bonds. The first-order valence-corrected chi connectivity index (χ1v) is 8.78. The molecule has 0 spiro atoms. The van der Waals surface area contributed by atoms with E-state index in [-0.39, 0.29) is 24.2 Å². The highest BCUT2D eigenvalue weighted by molar-refractivity contribution is 5.85. The quantitative estimate of drug-likeness (QED) is 0.598. The lowest BCUT2D eigenvalue weighted by molar-refractivity contribution is 0.136. The summed E-state index contributed by atoms with van der Waals surface area (Å²) >= 11 is 0.